The lowest BCUT2D eigenvalue weighted by Crippen LogP contribution is -2.57. The van der Waals surface area contributed by atoms with Crippen molar-refractivity contribution >= 4 is 22.3 Å². The number of nitrogens with zero attached hydrogens (tertiary/aromatic N) is 1. The normalized spacial score (nSPS) is 23.5. The van der Waals surface area contributed by atoms with Crippen LogP contribution in [0.15, 0.2) is 0 Å². The number of carbonyl (C=O) groups is 2. The van der Waals surface area contributed by atoms with E-state index in [0.29, 0.717) is 25.9 Å². The molecular weight excluding hydrogens is 326 g/mol. The van der Waals surface area contributed by atoms with Gasteiger partial charge in [-0.1, -0.05) is 0 Å². The number of carboxylic acid groups (broad SMARTS) is 1. The Hall–Kier alpha value is -1.03. The molecule has 8 nitrogen and oxygen atoms in total. The van der Waals surface area contributed by atoms with Gasteiger partial charge in [0.05, 0.1) is 12.7 Å². The predicted octanol–water partition coefficient (Wildman–Crippen LogP) is 0.0200. The van der Waals surface area contributed by atoms with Crippen molar-refractivity contribution in [2.24, 2.45) is 0 Å². The molecule has 1 N–H and O–H groups in total. The van der Waals surface area contributed by atoms with Crippen LogP contribution in [0.25, 0.3) is 0 Å². The molecule has 2 saturated heterocycles. The van der Waals surface area contributed by atoms with Gasteiger partial charge in [0.2, 0.25) is 10.0 Å². The third kappa shape index (κ3) is 3.73. The van der Waals surface area contributed by atoms with Crippen LogP contribution in [0.3, 0.4) is 0 Å². The molecule has 9 heteroatoms. The molecule has 23 heavy (non-hydrogen) atoms. The summed E-state index contributed by atoms with van der Waals surface area (Å²) in [5.41, 5.74) is 0. The average Bonchev–Trinajstić information content (AvgIpc) is 2.56. The zero-order chi connectivity index (χ0) is 16.9. The van der Waals surface area contributed by atoms with Crippen molar-refractivity contribution in [3.63, 3.8) is 0 Å². The van der Waals surface area contributed by atoms with E-state index in [2.05, 4.69) is 0 Å². The van der Waals surface area contributed by atoms with Gasteiger partial charge >= 0.3 is 5.97 Å². The molecular formula is C14H23NO7S. The minimum atomic E-state index is -3.95. The highest BCUT2D eigenvalue weighted by Crippen LogP contribution is 2.34. The van der Waals surface area contributed by atoms with Crippen LogP contribution in [0.5, 0.6) is 0 Å². The second kappa shape index (κ2) is 7.69. The van der Waals surface area contributed by atoms with Crippen molar-refractivity contribution < 1.29 is 32.6 Å². The third-order valence-corrected chi connectivity index (χ3v) is 7.13. The molecule has 0 aromatic heterocycles. The predicted molar refractivity (Wildman–Crippen MR) is 80.6 cm³/mol. The number of aliphatic carboxylic acids is 1. The van der Waals surface area contributed by atoms with E-state index in [4.69, 9.17) is 9.47 Å². The van der Waals surface area contributed by atoms with Gasteiger partial charge in [0, 0.05) is 45.6 Å². The third-order valence-electron chi connectivity index (χ3n) is 4.51. The fourth-order valence-electron chi connectivity index (χ4n) is 3.05. The molecule has 132 valence electrons. The SMILES string of the molecule is O=CCCOC1CCN(S(=O)(=O)C2(C(=O)O)CCOCC2)CC1. The van der Waals surface area contributed by atoms with Crippen LogP contribution in [-0.4, -0.2) is 73.8 Å². The Labute approximate surface area is 135 Å². The quantitative estimate of drug-likeness (QED) is 0.509. The highest BCUT2D eigenvalue weighted by atomic mass is 32.2. The summed E-state index contributed by atoms with van der Waals surface area (Å²) in [7, 11) is -3.95. The Kier molecular flexibility index (Phi) is 6.12. The van der Waals surface area contributed by atoms with Crippen LogP contribution < -0.4 is 0 Å². The molecule has 0 aliphatic carbocycles. The van der Waals surface area contributed by atoms with Crippen LogP contribution in [0.4, 0.5) is 0 Å². The largest absolute Gasteiger partial charge is 0.480 e. The summed E-state index contributed by atoms with van der Waals surface area (Å²) < 4.78 is 35.9. The molecule has 0 amide bonds. The second-order valence-electron chi connectivity index (χ2n) is 5.84. The molecule has 0 saturated carbocycles. The molecule has 2 fully saturated rings. The van der Waals surface area contributed by atoms with E-state index in [0.717, 1.165) is 6.29 Å². The van der Waals surface area contributed by atoms with E-state index < -0.39 is 20.7 Å². The van der Waals surface area contributed by atoms with Crippen molar-refractivity contribution in [1.82, 2.24) is 4.31 Å². The number of carboxylic acids is 1. The highest BCUT2D eigenvalue weighted by molar-refractivity contribution is 7.91. The fourth-order valence-corrected chi connectivity index (χ4v) is 5.14. The van der Waals surface area contributed by atoms with Gasteiger partial charge in [-0.15, -0.1) is 0 Å². The minimum Gasteiger partial charge on any atom is -0.480 e. The zero-order valence-corrected chi connectivity index (χ0v) is 13.8. The molecule has 2 rings (SSSR count). The van der Waals surface area contributed by atoms with Crippen molar-refractivity contribution in [3.05, 3.63) is 0 Å². The number of hydrogen-bond acceptors (Lipinski definition) is 6. The van der Waals surface area contributed by atoms with E-state index in [1.165, 1.54) is 4.31 Å². The Morgan fingerprint density at radius 3 is 2.43 bits per heavy atom. The van der Waals surface area contributed by atoms with E-state index in [9.17, 15) is 23.1 Å². The summed E-state index contributed by atoms with van der Waals surface area (Å²) in [6.07, 6.45) is 1.97. The molecule has 0 radical (unpaired) electrons. The van der Waals surface area contributed by atoms with Crippen LogP contribution in [0, 0.1) is 0 Å². The van der Waals surface area contributed by atoms with Crippen LogP contribution >= 0.6 is 0 Å². The average molecular weight is 349 g/mol. The minimum absolute atomic E-state index is 0.0274. The Morgan fingerprint density at radius 1 is 1.30 bits per heavy atom. The number of rotatable bonds is 7. The van der Waals surface area contributed by atoms with E-state index in [1.807, 2.05) is 0 Å². The summed E-state index contributed by atoms with van der Waals surface area (Å²) in [5, 5.41) is 9.53. The van der Waals surface area contributed by atoms with Gasteiger partial charge in [0.25, 0.3) is 0 Å². The van der Waals surface area contributed by atoms with Gasteiger partial charge in [-0.25, -0.2) is 12.7 Å². The summed E-state index contributed by atoms with van der Waals surface area (Å²) in [5.74, 6) is -1.30. The number of carbonyl (C=O) groups excluding carboxylic acids is 1. The molecule has 2 aliphatic heterocycles. The topological polar surface area (TPSA) is 110 Å². The number of ether oxygens (including phenoxy) is 2. The van der Waals surface area contributed by atoms with E-state index >= 15 is 0 Å². The first-order valence-electron chi connectivity index (χ1n) is 7.80. The summed E-state index contributed by atoms with van der Waals surface area (Å²) in [6, 6.07) is 0. The lowest BCUT2D eigenvalue weighted by molar-refractivity contribution is -0.143. The van der Waals surface area contributed by atoms with Gasteiger partial charge in [-0.2, -0.15) is 0 Å². The Morgan fingerprint density at radius 2 is 1.91 bits per heavy atom. The highest BCUT2D eigenvalue weighted by Gasteiger charge is 2.54. The fraction of sp³-hybridized carbons (Fsp3) is 0.857. The monoisotopic (exact) mass is 349 g/mol. The van der Waals surface area contributed by atoms with Crippen molar-refractivity contribution in [1.29, 1.82) is 0 Å². The lowest BCUT2D eigenvalue weighted by Gasteiger charge is -2.39. The first-order chi connectivity index (χ1) is 10.9. The Balaban J connectivity index is 2.03. The molecule has 2 aliphatic rings. The first kappa shape index (κ1) is 18.3. The molecule has 0 unspecified atom stereocenters. The van der Waals surface area contributed by atoms with Crippen LogP contribution in [0.1, 0.15) is 32.1 Å². The zero-order valence-electron chi connectivity index (χ0n) is 13.0. The molecule has 2 heterocycles. The van der Waals surface area contributed by atoms with Crippen molar-refractivity contribution in [2.45, 2.75) is 43.0 Å². The maximum absolute atomic E-state index is 12.9. The van der Waals surface area contributed by atoms with E-state index in [1.54, 1.807) is 0 Å². The van der Waals surface area contributed by atoms with Gasteiger partial charge in [-0.05, 0) is 12.8 Å². The summed E-state index contributed by atoms with van der Waals surface area (Å²) in [6.45, 7) is 1.08. The maximum atomic E-state index is 12.9. The van der Waals surface area contributed by atoms with E-state index in [-0.39, 0.29) is 45.2 Å². The molecule has 0 spiro atoms. The molecule has 0 atom stereocenters. The standard InChI is InChI=1S/C14H23NO7S/c16-8-1-9-22-12-2-6-15(7-3-12)23(19,20)14(13(17)18)4-10-21-11-5-14/h8,12H,1-7,9-11H2,(H,17,18). The Bertz CT molecular complexity index is 519. The van der Waals surface area contributed by atoms with Gasteiger partial charge in [-0.3, -0.25) is 4.79 Å². The van der Waals surface area contributed by atoms with Gasteiger partial charge in [0.15, 0.2) is 4.75 Å². The number of sulfonamides is 1. The molecule has 0 bridgehead atoms. The van der Waals surface area contributed by atoms with Gasteiger partial charge < -0.3 is 19.4 Å². The second-order valence-corrected chi connectivity index (χ2v) is 8.09. The first-order valence-corrected chi connectivity index (χ1v) is 9.24. The molecule has 0 aromatic carbocycles. The van der Waals surface area contributed by atoms with Crippen LogP contribution in [0.2, 0.25) is 0 Å². The maximum Gasteiger partial charge on any atom is 0.326 e. The number of hydrogen-bond donors (Lipinski definition) is 1. The van der Waals surface area contributed by atoms with Crippen molar-refractivity contribution in [2.75, 3.05) is 32.9 Å². The molecule has 0 aromatic rings. The smallest absolute Gasteiger partial charge is 0.326 e. The van der Waals surface area contributed by atoms with Crippen LogP contribution in [-0.2, 0) is 29.1 Å². The van der Waals surface area contributed by atoms with Crippen molar-refractivity contribution in [3.8, 4) is 0 Å². The number of aldehydes is 1. The number of piperidine rings is 1. The summed E-state index contributed by atoms with van der Waals surface area (Å²) in [4.78, 5) is 22.0. The van der Waals surface area contributed by atoms with Gasteiger partial charge in [0.1, 0.15) is 6.29 Å². The lowest BCUT2D eigenvalue weighted by atomic mass is 9.99. The summed E-state index contributed by atoms with van der Waals surface area (Å²) >= 11 is 0.